The third kappa shape index (κ3) is 15.9. The maximum Gasteiger partial charge on any atom is 0.513 e. The smallest absolute Gasteiger partial charge is 0.449 e. The van der Waals surface area contributed by atoms with Crippen molar-refractivity contribution < 1.29 is 74.0 Å². The van der Waals surface area contributed by atoms with Gasteiger partial charge in [0, 0.05) is 54.6 Å². The molecule has 0 bridgehead atoms. The number of carboxylic acid groups (broad SMARTS) is 1. The Morgan fingerprint density at radius 2 is 1.88 bits per heavy atom. The third-order valence-electron chi connectivity index (χ3n) is 0.149. The molecule has 0 aliphatic carbocycles. The molecule has 0 aliphatic heterocycles. The van der Waals surface area contributed by atoms with Gasteiger partial charge in [-0.1, -0.05) is 0 Å². The van der Waals surface area contributed by atoms with E-state index in [4.69, 9.17) is 14.7 Å². The zero-order valence-electron chi connectivity index (χ0n) is 4.16. The summed E-state index contributed by atoms with van der Waals surface area (Å²) in [5.41, 5.74) is 0. The van der Waals surface area contributed by atoms with Crippen LogP contribution in [-0.2, 0) is 64.1 Å². The Hall–Kier alpha value is 0.784. The fourth-order valence-electron chi connectivity index (χ4n) is 0.0412. The molecule has 0 amide bonds. The molecule has 0 fully saturated rings. The van der Waals surface area contributed by atoms with E-state index in [0.29, 0.717) is 0 Å². The Morgan fingerprint density at radius 3 is 1.88 bits per heavy atom. The monoisotopic (exact) mass is 318 g/mol. The summed E-state index contributed by atoms with van der Waals surface area (Å²) in [5, 5.41) is 7.46. The zero-order valence-corrected chi connectivity index (χ0v) is 12.2. The van der Waals surface area contributed by atoms with Crippen LogP contribution in [0.1, 0.15) is 0 Å². The Morgan fingerprint density at radius 1 is 1.50 bits per heavy atom. The van der Waals surface area contributed by atoms with Crippen LogP contribution in [-0.4, -0.2) is 17.7 Å². The van der Waals surface area contributed by atoms with Gasteiger partial charge < -0.3 is 9.84 Å². The molecule has 0 saturated heterocycles. The Balaban J connectivity index is -0.000000125. The van der Waals surface area contributed by atoms with Gasteiger partial charge in [0.15, 0.2) is 0 Å². The number of hydrogen-bond donors (Lipinski definition) is 1. The standard InChI is InChI=1S/C2H2O4.2Cd/c3-1-6-2(4)5;;/h1H,(H,4,5);;. The summed E-state index contributed by atoms with van der Waals surface area (Å²) in [6.07, 6.45) is -1.58. The summed E-state index contributed by atoms with van der Waals surface area (Å²) in [5.74, 6) is 0. The van der Waals surface area contributed by atoms with E-state index in [1.165, 1.54) is 0 Å². The summed E-state index contributed by atoms with van der Waals surface area (Å²) >= 11 is 0. The van der Waals surface area contributed by atoms with E-state index < -0.39 is 6.16 Å². The van der Waals surface area contributed by atoms with Gasteiger partial charge in [-0.05, 0) is 0 Å². The van der Waals surface area contributed by atoms with Crippen molar-refractivity contribution in [1.29, 1.82) is 0 Å². The molecule has 0 atom stereocenters. The SMILES string of the molecule is O=COC(=O)O.[Cd].[Cd]. The van der Waals surface area contributed by atoms with Crippen molar-refractivity contribution in [2.75, 3.05) is 0 Å². The summed E-state index contributed by atoms with van der Waals surface area (Å²) in [6, 6.07) is 0. The largest absolute Gasteiger partial charge is 0.513 e. The second kappa shape index (κ2) is 10.7. The second-order valence-corrected chi connectivity index (χ2v) is 0.480. The molecular formula is C2H2Cd2O4. The Labute approximate surface area is 85.9 Å². The quantitative estimate of drug-likeness (QED) is 0.316. The van der Waals surface area contributed by atoms with Gasteiger partial charge in [-0.3, -0.25) is 4.79 Å². The van der Waals surface area contributed by atoms with Crippen molar-refractivity contribution in [2.24, 2.45) is 0 Å². The molecule has 38 valence electrons. The molecule has 0 aliphatic rings. The van der Waals surface area contributed by atoms with Gasteiger partial charge >= 0.3 is 12.6 Å². The van der Waals surface area contributed by atoms with Crippen LogP contribution in [0.2, 0.25) is 0 Å². The average Bonchev–Trinajstić information content (AvgIpc) is 1.35. The van der Waals surface area contributed by atoms with E-state index in [2.05, 4.69) is 4.74 Å². The first-order valence-electron chi connectivity index (χ1n) is 1.10. The normalized spacial score (nSPS) is 5.00. The first-order valence-corrected chi connectivity index (χ1v) is 1.10. The van der Waals surface area contributed by atoms with E-state index in [9.17, 15) is 0 Å². The van der Waals surface area contributed by atoms with Gasteiger partial charge in [0.2, 0.25) is 0 Å². The molecule has 0 spiro atoms. The predicted octanol–water partition coefficient (Wildman–Crippen LogP) is -0.168. The minimum Gasteiger partial charge on any atom is -0.449 e. The molecule has 6 heteroatoms. The van der Waals surface area contributed by atoms with Gasteiger partial charge in [-0.2, -0.15) is 0 Å². The molecular weight excluding hydrogens is 313 g/mol. The topological polar surface area (TPSA) is 63.6 Å². The molecule has 1 N–H and O–H groups in total. The molecule has 0 aromatic heterocycles. The number of hydrogen-bond acceptors (Lipinski definition) is 3. The van der Waals surface area contributed by atoms with Crippen molar-refractivity contribution in [3.05, 3.63) is 0 Å². The summed E-state index contributed by atoms with van der Waals surface area (Å²) in [7, 11) is 0. The third-order valence-corrected chi connectivity index (χ3v) is 0.149. The second-order valence-electron chi connectivity index (χ2n) is 0.480. The van der Waals surface area contributed by atoms with Crippen molar-refractivity contribution in [3.8, 4) is 0 Å². The van der Waals surface area contributed by atoms with E-state index in [1.54, 1.807) is 0 Å². The molecule has 4 nitrogen and oxygen atoms in total. The van der Waals surface area contributed by atoms with Gasteiger partial charge in [-0.25, -0.2) is 4.79 Å². The maximum atomic E-state index is 9.15. The Kier molecular flexibility index (Phi) is 21.3. The van der Waals surface area contributed by atoms with Crippen molar-refractivity contribution in [1.82, 2.24) is 0 Å². The fourth-order valence-corrected chi connectivity index (χ4v) is 0.0412. The van der Waals surface area contributed by atoms with Crippen LogP contribution in [0, 0.1) is 0 Å². The first kappa shape index (κ1) is 15.9. The van der Waals surface area contributed by atoms with Crippen LogP contribution in [0.15, 0.2) is 0 Å². The van der Waals surface area contributed by atoms with Crippen LogP contribution in [0.4, 0.5) is 4.79 Å². The van der Waals surface area contributed by atoms with Crippen LogP contribution < -0.4 is 0 Å². The molecule has 0 aromatic carbocycles. The minimum atomic E-state index is -1.58. The zero-order chi connectivity index (χ0) is 4.99. The molecule has 8 heavy (non-hydrogen) atoms. The summed E-state index contributed by atoms with van der Waals surface area (Å²) < 4.78 is 3.28. The van der Waals surface area contributed by atoms with Gasteiger partial charge in [-0.15, -0.1) is 0 Å². The Bertz CT molecular complexity index is 72.4. The first-order chi connectivity index (χ1) is 2.77. The summed E-state index contributed by atoms with van der Waals surface area (Å²) in [6.45, 7) is -0.150. The number of carbonyl (C=O) groups is 2. The predicted molar refractivity (Wildman–Crippen MR) is 15.2 cm³/mol. The molecule has 0 saturated carbocycles. The molecule has 0 rings (SSSR count). The van der Waals surface area contributed by atoms with Gasteiger partial charge in [0.25, 0.3) is 0 Å². The minimum absolute atomic E-state index is 0. The molecule has 0 heterocycles. The van der Waals surface area contributed by atoms with E-state index in [0.717, 1.165) is 0 Å². The maximum absolute atomic E-state index is 9.15. The molecule has 0 aromatic rings. The summed E-state index contributed by atoms with van der Waals surface area (Å²) in [4.78, 5) is 18.2. The molecule has 0 unspecified atom stereocenters. The van der Waals surface area contributed by atoms with Gasteiger partial charge in [0.1, 0.15) is 0 Å². The molecule has 0 radical (unpaired) electrons. The number of rotatable bonds is 1. The van der Waals surface area contributed by atoms with Gasteiger partial charge in [0.05, 0.1) is 0 Å². The fraction of sp³-hybridized carbons (Fsp3) is 0. The van der Waals surface area contributed by atoms with E-state index in [-0.39, 0.29) is 61.1 Å². The number of carbonyl (C=O) groups excluding carboxylic acids is 1. The van der Waals surface area contributed by atoms with Crippen LogP contribution in [0.25, 0.3) is 0 Å². The van der Waals surface area contributed by atoms with Crippen molar-refractivity contribution >= 4 is 12.6 Å². The van der Waals surface area contributed by atoms with Crippen molar-refractivity contribution in [2.45, 2.75) is 0 Å². The van der Waals surface area contributed by atoms with E-state index in [1.807, 2.05) is 0 Å². The average molecular weight is 315 g/mol. The number of ether oxygens (including phenoxy) is 1. The van der Waals surface area contributed by atoms with Crippen molar-refractivity contribution in [3.63, 3.8) is 0 Å². The van der Waals surface area contributed by atoms with Crippen LogP contribution in [0.3, 0.4) is 0 Å². The van der Waals surface area contributed by atoms with Crippen LogP contribution >= 0.6 is 0 Å². The van der Waals surface area contributed by atoms with E-state index >= 15 is 0 Å². The van der Waals surface area contributed by atoms with Crippen LogP contribution in [0.5, 0.6) is 0 Å².